The van der Waals surface area contributed by atoms with Crippen LogP contribution in [0.25, 0.3) is 0 Å². The lowest BCUT2D eigenvalue weighted by Crippen LogP contribution is -2.51. The molecule has 2 aromatic rings. The Kier molecular flexibility index (Phi) is 5.01. The summed E-state index contributed by atoms with van der Waals surface area (Å²) in [6, 6.07) is 14.8. The topological polar surface area (TPSA) is 29.3 Å². The van der Waals surface area contributed by atoms with E-state index in [1.54, 1.807) is 12.1 Å². The van der Waals surface area contributed by atoms with Gasteiger partial charge in [-0.1, -0.05) is 28.1 Å². The van der Waals surface area contributed by atoms with E-state index in [0.29, 0.717) is 6.54 Å². The van der Waals surface area contributed by atoms with E-state index in [2.05, 4.69) is 39.9 Å². The first kappa shape index (κ1) is 16.0. The Morgan fingerprint density at radius 2 is 1.67 bits per heavy atom. The largest absolute Gasteiger partial charge is 0.368 e. The molecule has 0 radical (unpaired) electrons. The average Bonchev–Trinajstić information content (AvgIpc) is 2.49. The molecule has 0 heterocycles. The third-order valence-corrected chi connectivity index (χ3v) is 4.49. The summed E-state index contributed by atoms with van der Waals surface area (Å²) < 4.78 is 14.1. The van der Waals surface area contributed by atoms with Gasteiger partial charge in [0.2, 0.25) is 0 Å². The van der Waals surface area contributed by atoms with E-state index >= 15 is 0 Å². The Labute approximate surface area is 133 Å². The third-order valence-electron chi connectivity index (χ3n) is 3.96. The van der Waals surface area contributed by atoms with Crippen LogP contribution < -0.4 is 10.6 Å². The fourth-order valence-electron chi connectivity index (χ4n) is 2.35. The number of nitrogens with zero attached hydrogens (tertiary/aromatic N) is 1. The van der Waals surface area contributed by atoms with E-state index in [1.807, 2.05) is 19.2 Å². The molecule has 0 saturated carbocycles. The molecule has 2 rings (SSSR count). The van der Waals surface area contributed by atoms with Gasteiger partial charge in [0.25, 0.3) is 0 Å². The van der Waals surface area contributed by atoms with Gasteiger partial charge in [-0.25, -0.2) is 4.39 Å². The molecule has 1 unspecified atom stereocenters. The molecule has 1 atom stereocenters. The number of benzene rings is 2. The quantitative estimate of drug-likeness (QED) is 0.883. The van der Waals surface area contributed by atoms with Gasteiger partial charge in [-0.05, 0) is 55.3 Å². The van der Waals surface area contributed by atoms with Crippen molar-refractivity contribution in [2.75, 3.05) is 18.5 Å². The van der Waals surface area contributed by atoms with E-state index in [4.69, 9.17) is 5.73 Å². The highest BCUT2D eigenvalue weighted by Gasteiger charge is 2.28. The van der Waals surface area contributed by atoms with Gasteiger partial charge in [0.1, 0.15) is 5.82 Å². The van der Waals surface area contributed by atoms with Gasteiger partial charge in [-0.15, -0.1) is 0 Å². The van der Waals surface area contributed by atoms with Crippen molar-refractivity contribution in [3.8, 4) is 0 Å². The van der Waals surface area contributed by atoms with Gasteiger partial charge in [-0.2, -0.15) is 0 Å². The molecular weight excluding hydrogens is 331 g/mol. The smallest absolute Gasteiger partial charge is 0.123 e. The molecule has 0 fully saturated rings. The molecule has 0 spiro atoms. The molecule has 0 amide bonds. The Bertz CT molecular complexity index is 583. The number of hydrogen-bond acceptors (Lipinski definition) is 2. The van der Waals surface area contributed by atoms with Crippen molar-refractivity contribution >= 4 is 21.6 Å². The lowest BCUT2D eigenvalue weighted by Gasteiger charge is -2.40. The molecule has 112 valence electrons. The Balaban J connectivity index is 2.23. The van der Waals surface area contributed by atoms with Crippen molar-refractivity contribution in [3.63, 3.8) is 0 Å². The second-order valence-corrected chi connectivity index (χ2v) is 6.46. The molecule has 4 heteroatoms. The zero-order valence-electron chi connectivity index (χ0n) is 12.3. The van der Waals surface area contributed by atoms with Gasteiger partial charge in [-0.3, -0.25) is 0 Å². The molecule has 2 nitrogen and oxygen atoms in total. The van der Waals surface area contributed by atoms with Crippen molar-refractivity contribution in [1.82, 2.24) is 0 Å². The predicted octanol–water partition coefficient (Wildman–Crippen LogP) is 3.98. The first-order valence-corrected chi connectivity index (χ1v) is 7.68. The van der Waals surface area contributed by atoms with Crippen LogP contribution in [0.1, 0.15) is 12.5 Å². The van der Waals surface area contributed by atoms with Crippen LogP contribution in [0.5, 0.6) is 0 Å². The third kappa shape index (κ3) is 3.83. The summed E-state index contributed by atoms with van der Waals surface area (Å²) in [6.45, 7) is 2.63. The Morgan fingerprint density at radius 3 is 2.19 bits per heavy atom. The highest BCUT2D eigenvalue weighted by Crippen LogP contribution is 2.26. The van der Waals surface area contributed by atoms with Crippen molar-refractivity contribution in [3.05, 3.63) is 64.4 Å². The van der Waals surface area contributed by atoms with Crippen molar-refractivity contribution in [2.24, 2.45) is 5.73 Å². The normalized spacial score (nSPS) is 13.8. The standard InChI is InChI=1S/C17H20BrFN2/c1-17(12-20,11-13-3-5-14(18)6-4-13)21(2)16-9-7-15(19)8-10-16/h3-10H,11-12,20H2,1-2H3. The summed E-state index contributed by atoms with van der Waals surface area (Å²) in [7, 11) is 2.00. The van der Waals surface area contributed by atoms with Crippen LogP contribution >= 0.6 is 15.9 Å². The van der Waals surface area contributed by atoms with Crippen LogP contribution in [0, 0.1) is 5.82 Å². The van der Waals surface area contributed by atoms with E-state index in [0.717, 1.165) is 16.6 Å². The lowest BCUT2D eigenvalue weighted by molar-refractivity contribution is 0.449. The molecule has 0 aromatic heterocycles. The number of halogens is 2. The Hall–Kier alpha value is -1.39. The minimum absolute atomic E-state index is 0.227. The summed E-state index contributed by atoms with van der Waals surface area (Å²) in [6.07, 6.45) is 0.824. The van der Waals surface area contributed by atoms with E-state index < -0.39 is 0 Å². The molecule has 2 N–H and O–H groups in total. The van der Waals surface area contributed by atoms with Crippen molar-refractivity contribution < 1.29 is 4.39 Å². The van der Waals surface area contributed by atoms with Crippen LogP contribution in [-0.2, 0) is 6.42 Å². The zero-order chi connectivity index (χ0) is 15.5. The van der Waals surface area contributed by atoms with Crippen LogP contribution in [-0.4, -0.2) is 19.1 Å². The molecule has 2 aromatic carbocycles. The summed E-state index contributed by atoms with van der Waals surface area (Å²) >= 11 is 3.44. The molecule has 0 bridgehead atoms. The van der Waals surface area contributed by atoms with Crippen LogP contribution in [0.3, 0.4) is 0 Å². The number of anilines is 1. The molecule has 0 saturated heterocycles. The second kappa shape index (κ2) is 6.58. The van der Waals surface area contributed by atoms with Crippen LogP contribution in [0.4, 0.5) is 10.1 Å². The van der Waals surface area contributed by atoms with Crippen LogP contribution in [0.15, 0.2) is 53.0 Å². The SMILES string of the molecule is CN(c1ccc(F)cc1)C(C)(CN)Cc1ccc(Br)cc1. The summed E-state index contributed by atoms with van der Waals surface area (Å²) in [5.41, 5.74) is 7.98. The fourth-order valence-corrected chi connectivity index (χ4v) is 2.61. The van der Waals surface area contributed by atoms with E-state index in [1.165, 1.54) is 17.7 Å². The van der Waals surface area contributed by atoms with Gasteiger partial charge in [0.15, 0.2) is 0 Å². The maximum absolute atomic E-state index is 13.1. The zero-order valence-corrected chi connectivity index (χ0v) is 13.9. The maximum atomic E-state index is 13.1. The minimum Gasteiger partial charge on any atom is -0.368 e. The van der Waals surface area contributed by atoms with E-state index in [-0.39, 0.29) is 11.4 Å². The van der Waals surface area contributed by atoms with Gasteiger partial charge >= 0.3 is 0 Å². The number of rotatable bonds is 5. The fraction of sp³-hybridized carbons (Fsp3) is 0.294. The van der Waals surface area contributed by atoms with Gasteiger partial charge < -0.3 is 10.6 Å². The van der Waals surface area contributed by atoms with Crippen molar-refractivity contribution in [2.45, 2.75) is 18.9 Å². The van der Waals surface area contributed by atoms with Crippen LogP contribution in [0.2, 0.25) is 0 Å². The number of nitrogens with two attached hydrogens (primary N) is 1. The number of hydrogen-bond donors (Lipinski definition) is 1. The summed E-state index contributed by atoms with van der Waals surface area (Å²) in [4.78, 5) is 2.12. The van der Waals surface area contributed by atoms with E-state index in [9.17, 15) is 4.39 Å². The van der Waals surface area contributed by atoms with Gasteiger partial charge in [0, 0.05) is 23.8 Å². The molecule has 0 aliphatic rings. The van der Waals surface area contributed by atoms with Gasteiger partial charge in [0.05, 0.1) is 5.54 Å². The maximum Gasteiger partial charge on any atom is 0.123 e. The first-order valence-electron chi connectivity index (χ1n) is 6.88. The lowest BCUT2D eigenvalue weighted by atomic mass is 9.90. The predicted molar refractivity (Wildman–Crippen MR) is 90.1 cm³/mol. The average molecular weight is 351 g/mol. The van der Waals surface area contributed by atoms with Crippen molar-refractivity contribution in [1.29, 1.82) is 0 Å². The minimum atomic E-state index is -0.230. The first-order chi connectivity index (χ1) is 9.94. The second-order valence-electron chi connectivity index (χ2n) is 5.54. The highest BCUT2D eigenvalue weighted by molar-refractivity contribution is 9.10. The summed E-state index contributed by atoms with van der Waals surface area (Å²) in [5, 5.41) is 0. The summed E-state index contributed by atoms with van der Waals surface area (Å²) in [5.74, 6) is -0.227. The molecule has 0 aliphatic heterocycles. The highest BCUT2D eigenvalue weighted by atomic mass is 79.9. The molecule has 0 aliphatic carbocycles. The molecule has 21 heavy (non-hydrogen) atoms. The Morgan fingerprint density at radius 1 is 1.10 bits per heavy atom. The number of likely N-dealkylation sites (N-methyl/N-ethyl adjacent to an activating group) is 1. The monoisotopic (exact) mass is 350 g/mol. The molecular formula is C17H20BrFN2.